The predicted molar refractivity (Wildman–Crippen MR) is 301 cm³/mol. The Morgan fingerprint density at radius 3 is 1.17 bits per heavy atom. The molecule has 6 aromatic heterocycles. The van der Waals surface area contributed by atoms with Gasteiger partial charge in [-0.3, -0.25) is 0 Å². The summed E-state index contributed by atoms with van der Waals surface area (Å²) in [5.41, 5.74) is 15.7. The summed E-state index contributed by atoms with van der Waals surface area (Å²) in [4.78, 5) is 38.9. The zero-order chi connectivity index (χ0) is 55.1. The summed E-state index contributed by atoms with van der Waals surface area (Å²) in [5, 5.41) is 0.460. The number of hydrogen-bond acceptors (Lipinski definition) is 16. The molecule has 3 aromatic carbocycles. The minimum absolute atomic E-state index is 0. The number of aromatic nitrogens is 9. The van der Waals surface area contributed by atoms with Crippen molar-refractivity contribution in [2.45, 2.75) is 70.2 Å². The van der Waals surface area contributed by atoms with Crippen LogP contribution in [0, 0.1) is 24.4 Å². The average molecular weight is 1240 g/mol. The molecule has 3 aliphatic heterocycles. The van der Waals surface area contributed by atoms with Gasteiger partial charge in [-0.05, 0) is 165 Å². The number of hydrogen-bond donors (Lipinski definition) is 1. The third-order valence-corrected chi connectivity index (χ3v) is 12.9. The molecule has 12 rings (SSSR count). The van der Waals surface area contributed by atoms with Gasteiger partial charge in [0.25, 0.3) is 0 Å². The molecule has 0 aliphatic carbocycles. The molecule has 0 radical (unpaired) electrons. The maximum Gasteiger partial charge on any atom is 2.00 e. The van der Waals surface area contributed by atoms with Gasteiger partial charge in [-0.1, -0.05) is 11.6 Å². The van der Waals surface area contributed by atoms with Crippen LogP contribution in [0.1, 0.15) is 49.9 Å². The molecule has 2 N–H and O–H groups in total. The van der Waals surface area contributed by atoms with Crippen LogP contribution < -0.4 is 22.7 Å². The SMILES string of the molecule is Fc1ccc(-c2ccc3nc(Cl)nc(CCC4OCCCO4)c3n2)cc1.Fc1ccc(-c2ccc3nc(Cl)nc(Cl)c3n2)cc1.Nc1nc(CCC2OCCCO2)c2nc(-c3ccc(F)cc3)ccc2n1.[Br-].[CH2-]CC1OCCCO1.[Mg+2]. The van der Waals surface area contributed by atoms with E-state index in [4.69, 9.17) is 78.9 Å². The summed E-state index contributed by atoms with van der Waals surface area (Å²) in [6.07, 6.45) is 5.68. The first-order valence-electron chi connectivity index (χ1n) is 25.5. The molecule has 0 spiro atoms. The number of aryl methyl sites for hydroxylation is 2. The summed E-state index contributed by atoms with van der Waals surface area (Å²) in [5.74, 6) is -0.636. The van der Waals surface area contributed by atoms with Crippen molar-refractivity contribution in [3.05, 3.63) is 161 Å². The van der Waals surface area contributed by atoms with E-state index in [9.17, 15) is 13.2 Å². The van der Waals surface area contributed by atoms with Gasteiger partial charge < -0.3 is 58.1 Å². The van der Waals surface area contributed by atoms with E-state index in [2.05, 4.69) is 41.8 Å². The van der Waals surface area contributed by atoms with E-state index in [0.29, 0.717) is 90.9 Å². The topological polar surface area (TPSA) is 197 Å². The first-order chi connectivity index (χ1) is 38.4. The number of pyridine rings is 3. The minimum Gasteiger partial charge on any atom is -1.00 e. The first-order valence-corrected chi connectivity index (χ1v) is 26.6. The number of halogens is 7. The van der Waals surface area contributed by atoms with Crippen LogP contribution in [0.3, 0.4) is 0 Å². The Morgan fingerprint density at radius 2 is 0.778 bits per heavy atom. The van der Waals surface area contributed by atoms with Gasteiger partial charge in [0.05, 0.1) is 84.7 Å². The van der Waals surface area contributed by atoms with Crippen molar-refractivity contribution in [2.24, 2.45) is 0 Å². The van der Waals surface area contributed by atoms with E-state index in [0.717, 1.165) is 78.4 Å². The Labute approximate surface area is 507 Å². The standard InChI is InChI=1S/C19H17ClFN3O2.C19H19FN4O2.C13H6Cl2FN3.C6H11O2.BrH.Mg/c20-19-23-15-7-6-14(12-2-4-13(21)5-3-12)22-18(15)16(24-19)8-9-17-25-10-1-11-26-17;20-13-4-2-12(3-5-13)14-6-7-15-18(22-14)16(24-19(21)23-15)8-9-17-25-10-1-11-26-17;14-12-11-10(18-13(15)19-12)6-5-9(17-11)7-1-3-8(16)4-2-7;1-2-6-7-4-3-5-8-6;;/h2-7,17H,1,8-11H2;2-7,17H,1,8-11H2,(H2,21,23,24);1-6H;6H,1-5H2;1H;/q;;;-1;;+2/p-1. The van der Waals surface area contributed by atoms with Crippen LogP contribution in [-0.2, 0) is 41.3 Å². The number of ether oxygens (including phenoxy) is 6. The number of anilines is 1. The van der Waals surface area contributed by atoms with Gasteiger partial charge in [-0.2, -0.15) is 0 Å². The van der Waals surface area contributed by atoms with Gasteiger partial charge in [-0.25, -0.2) is 58.0 Å². The Morgan fingerprint density at radius 1 is 0.432 bits per heavy atom. The largest absolute Gasteiger partial charge is 2.00 e. The van der Waals surface area contributed by atoms with Crippen molar-refractivity contribution in [3.8, 4) is 33.8 Å². The molecule has 0 saturated carbocycles. The summed E-state index contributed by atoms with van der Waals surface area (Å²) in [7, 11) is 0. The molecule has 81 heavy (non-hydrogen) atoms. The molecule has 24 heteroatoms. The maximum atomic E-state index is 13.2. The van der Waals surface area contributed by atoms with Crippen molar-refractivity contribution in [1.82, 2.24) is 44.9 Å². The average Bonchev–Trinajstić information content (AvgIpc) is 3.48. The molecular weight excluding hydrogens is 1190 g/mol. The van der Waals surface area contributed by atoms with E-state index < -0.39 is 0 Å². The van der Waals surface area contributed by atoms with Crippen molar-refractivity contribution in [3.63, 3.8) is 0 Å². The van der Waals surface area contributed by atoms with Gasteiger partial charge in [0.15, 0.2) is 17.7 Å². The molecule has 3 fully saturated rings. The molecule has 16 nitrogen and oxygen atoms in total. The molecule has 0 bridgehead atoms. The quantitative estimate of drug-likeness (QED) is 0.0589. The predicted octanol–water partition coefficient (Wildman–Crippen LogP) is 9.02. The Balaban J connectivity index is 0.000000163. The summed E-state index contributed by atoms with van der Waals surface area (Å²) < 4.78 is 71.9. The van der Waals surface area contributed by atoms with Crippen molar-refractivity contribution in [2.75, 3.05) is 45.4 Å². The monoisotopic (exact) mass is 1240 g/mol. The van der Waals surface area contributed by atoms with Crippen molar-refractivity contribution < 1.29 is 58.6 Å². The Hall–Kier alpha value is -5.40. The van der Waals surface area contributed by atoms with Gasteiger partial charge in [-0.15, -0.1) is 6.42 Å². The normalized spacial score (nSPS) is 14.8. The number of rotatable bonds is 10. The number of fused-ring (bicyclic) bond motifs is 3. The van der Waals surface area contributed by atoms with Crippen LogP contribution in [0.15, 0.2) is 109 Å². The van der Waals surface area contributed by atoms with Gasteiger partial charge in [0, 0.05) is 29.5 Å². The second-order valence-electron chi connectivity index (χ2n) is 17.9. The van der Waals surface area contributed by atoms with Crippen LogP contribution in [0.4, 0.5) is 19.1 Å². The zero-order valence-corrected chi connectivity index (χ0v) is 48.9. The van der Waals surface area contributed by atoms with E-state index in [1.807, 2.05) is 24.3 Å². The van der Waals surface area contributed by atoms with Crippen LogP contribution in [0.5, 0.6) is 0 Å². The van der Waals surface area contributed by atoms with E-state index >= 15 is 0 Å². The molecule has 0 unspecified atom stereocenters. The fourth-order valence-corrected chi connectivity index (χ4v) is 9.03. The van der Waals surface area contributed by atoms with Crippen molar-refractivity contribution in [1.29, 1.82) is 0 Å². The molecule has 9 aromatic rings. The molecular formula is C57H53BrCl3F3MgN10O6. The smallest absolute Gasteiger partial charge is 1.00 e. The summed E-state index contributed by atoms with van der Waals surface area (Å²) in [6, 6.07) is 29.4. The fraction of sp³-hybridized carbons (Fsp3) is 0.298. The van der Waals surface area contributed by atoms with E-state index in [-0.39, 0.29) is 98.0 Å². The maximum absolute atomic E-state index is 13.2. The van der Waals surface area contributed by atoms with E-state index in [1.165, 1.54) is 36.4 Å². The van der Waals surface area contributed by atoms with Crippen LogP contribution in [0.25, 0.3) is 66.9 Å². The van der Waals surface area contributed by atoms with E-state index in [1.54, 1.807) is 48.5 Å². The van der Waals surface area contributed by atoms with Crippen LogP contribution in [0.2, 0.25) is 15.7 Å². The molecule has 9 heterocycles. The third-order valence-electron chi connectivity index (χ3n) is 12.3. The number of nitrogens with zero attached hydrogens (tertiary/aromatic N) is 9. The first kappa shape index (κ1) is 63.2. The van der Waals surface area contributed by atoms with Gasteiger partial charge in [0.2, 0.25) is 16.5 Å². The molecule has 3 saturated heterocycles. The van der Waals surface area contributed by atoms with Crippen LogP contribution >= 0.6 is 34.8 Å². The fourth-order valence-electron chi connectivity index (χ4n) is 8.40. The number of benzene rings is 3. The third kappa shape index (κ3) is 18.0. The summed E-state index contributed by atoms with van der Waals surface area (Å²) >= 11 is 17.8. The molecule has 0 amide bonds. The number of nitrogens with two attached hydrogens (primary N) is 1. The van der Waals surface area contributed by atoms with Crippen molar-refractivity contribution >= 4 is 96.9 Å². The summed E-state index contributed by atoms with van der Waals surface area (Å²) in [6.45, 7) is 8.17. The second-order valence-corrected chi connectivity index (χ2v) is 18.9. The zero-order valence-electron chi connectivity index (χ0n) is 43.6. The molecule has 3 aliphatic rings. The van der Waals surface area contributed by atoms with Crippen LogP contribution in [-0.4, -0.2) is 126 Å². The molecule has 0 atom stereocenters. The molecule has 418 valence electrons. The van der Waals surface area contributed by atoms with Gasteiger partial charge >= 0.3 is 23.1 Å². The second kappa shape index (κ2) is 31.3. The minimum atomic E-state index is -0.294. The number of nitrogen functional groups attached to an aromatic ring is 1. The Kier molecular flexibility index (Phi) is 24.4. The Bertz CT molecular complexity index is 3320. The van der Waals surface area contributed by atoms with Gasteiger partial charge in [0.1, 0.15) is 40.3 Å².